The molecule has 2 N–H and O–H groups in total. The molecule has 144 valence electrons. The van der Waals surface area contributed by atoms with E-state index in [1.165, 1.54) is 0 Å². The first kappa shape index (κ1) is 20.2. The standard InChI is InChI=1S/C20H30N2O4/c1-5-22(16-9-7-6-8-10-16)17(23)20(25)13-11-15(12-14-20)21-18(24)26-19(2,3)4/h6-10,15,25H,5,11-14H2,1-4H3,(H,21,24). The molecule has 0 heterocycles. The van der Waals surface area contributed by atoms with Crippen molar-refractivity contribution in [2.24, 2.45) is 0 Å². The maximum atomic E-state index is 12.9. The lowest BCUT2D eigenvalue weighted by atomic mass is 9.81. The SMILES string of the molecule is CCN(C(=O)C1(O)CCC(NC(=O)OC(C)(C)C)CC1)c1ccccc1. The molecule has 0 radical (unpaired) electrons. The Kier molecular flexibility index (Phi) is 6.29. The first-order valence-electron chi connectivity index (χ1n) is 9.23. The minimum Gasteiger partial charge on any atom is -0.444 e. The van der Waals surface area contributed by atoms with E-state index < -0.39 is 17.3 Å². The van der Waals surface area contributed by atoms with Crippen LogP contribution in [0.3, 0.4) is 0 Å². The third kappa shape index (κ3) is 5.21. The number of benzene rings is 1. The Bertz CT molecular complexity index is 616. The van der Waals surface area contributed by atoms with Crippen LogP contribution in [0.2, 0.25) is 0 Å². The van der Waals surface area contributed by atoms with Crippen LogP contribution in [0.5, 0.6) is 0 Å². The predicted molar refractivity (Wildman–Crippen MR) is 101 cm³/mol. The molecule has 2 rings (SSSR count). The van der Waals surface area contributed by atoms with Gasteiger partial charge in [-0.15, -0.1) is 0 Å². The van der Waals surface area contributed by atoms with Gasteiger partial charge in [0.2, 0.25) is 0 Å². The molecule has 26 heavy (non-hydrogen) atoms. The van der Waals surface area contributed by atoms with Crippen molar-refractivity contribution in [1.29, 1.82) is 0 Å². The highest BCUT2D eigenvalue weighted by Gasteiger charge is 2.42. The molecular weight excluding hydrogens is 332 g/mol. The number of rotatable bonds is 4. The summed E-state index contributed by atoms with van der Waals surface area (Å²) in [6.07, 6.45) is 1.24. The van der Waals surface area contributed by atoms with Crippen molar-refractivity contribution in [3.63, 3.8) is 0 Å². The van der Waals surface area contributed by atoms with Crippen LogP contribution < -0.4 is 10.2 Å². The van der Waals surface area contributed by atoms with Crippen LogP contribution in [0.15, 0.2) is 30.3 Å². The molecule has 1 aliphatic carbocycles. The first-order chi connectivity index (χ1) is 12.1. The Morgan fingerprint density at radius 2 is 1.81 bits per heavy atom. The average molecular weight is 362 g/mol. The smallest absolute Gasteiger partial charge is 0.407 e. The molecule has 6 nitrogen and oxygen atoms in total. The second kappa shape index (κ2) is 8.08. The fourth-order valence-corrected chi connectivity index (χ4v) is 3.23. The number of likely N-dealkylation sites (N-methyl/N-ethyl adjacent to an activating group) is 1. The molecule has 1 saturated carbocycles. The largest absolute Gasteiger partial charge is 0.444 e. The summed E-state index contributed by atoms with van der Waals surface area (Å²) in [7, 11) is 0. The summed E-state index contributed by atoms with van der Waals surface area (Å²) < 4.78 is 5.27. The summed E-state index contributed by atoms with van der Waals surface area (Å²) in [4.78, 5) is 26.4. The molecule has 0 aromatic heterocycles. The van der Waals surface area contributed by atoms with Gasteiger partial charge in [-0.1, -0.05) is 18.2 Å². The molecule has 6 heteroatoms. The van der Waals surface area contributed by atoms with Crippen molar-refractivity contribution in [3.05, 3.63) is 30.3 Å². The van der Waals surface area contributed by atoms with E-state index in [1.54, 1.807) is 4.90 Å². The highest BCUT2D eigenvalue weighted by Crippen LogP contribution is 2.32. The molecular formula is C20H30N2O4. The minimum absolute atomic E-state index is 0.0928. The molecule has 0 unspecified atom stereocenters. The fourth-order valence-electron chi connectivity index (χ4n) is 3.23. The summed E-state index contributed by atoms with van der Waals surface area (Å²) in [6, 6.07) is 9.27. The Hall–Kier alpha value is -2.08. The summed E-state index contributed by atoms with van der Waals surface area (Å²) in [5.41, 5.74) is -1.16. The van der Waals surface area contributed by atoms with Crippen molar-refractivity contribution in [2.75, 3.05) is 11.4 Å². The van der Waals surface area contributed by atoms with Gasteiger partial charge >= 0.3 is 6.09 Å². The van der Waals surface area contributed by atoms with E-state index in [0.717, 1.165) is 5.69 Å². The van der Waals surface area contributed by atoms with E-state index in [2.05, 4.69) is 5.32 Å². The number of carbonyl (C=O) groups excluding carboxylic acids is 2. The van der Waals surface area contributed by atoms with Gasteiger partial charge in [-0.25, -0.2) is 4.79 Å². The highest BCUT2D eigenvalue weighted by atomic mass is 16.6. The van der Waals surface area contributed by atoms with Crippen molar-refractivity contribution in [1.82, 2.24) is 5.32 Å². The summed E-state index contributed by atoms with van der Waals surface area (Å²) >= 11 is 0. The number of alkyl carbamates (subject to hydrolysis) is 1. The van der Waals surface area contributed by atoms with E-state index in [1.807, 2.05) is 58.0 Å². The van der Waals surface area contributed by atoms with E-state index in [0.29, 0.717) is 32.2 Å². The Balaban J connectivity index is 1.96. The normalized spacial score (nSPS) is 23.2. The number of aliphatic hydroxyl groups is 1. The van der Waals surface area contributed by atoms with Crippen LogP contribution >= 0.6 is 0 Å². The predicted octanol–water partition coefficient (Wildman–Crippen LogP) is 3.24. The number of nitrogens with zero attached hydrogens (tertiary/aromatic N) is 1. The molecule has 1 aromatic carbocycles. The molecule has 0 aliphatic heterocycles. The van der Waals surface area contributed by atoms with E-state index in [9.17, 15) is 14.7 Å². The molecule has 1 aromatic rings. The molecule has 1 fully saturated rings. The van der Waals surface area contributed by atoms with Crippen LogP contribution in [0.25, 0.3) is 0 Å². The topological polar surface area (TPSA) is 78.9 Å². The number of carbonyl (C=O) groups is 2. The summed E-state index contributed by atoms with van der Waals surface area (Å²) in [5.74, 6) is -0.276. The van der Waals surface area contributed by atoms with Crippen molar-refractivity contribution >= 4 is 17.7 Å². The number of hydrogen-bond acceptors (Lipinski definition) is 4. The van der Waals surface area contributed by atoms with Gasteiger partial charge in [0.15, 0.2) is 0 Å². The average Bonchev–Trinajstić information content (AvgIpc) is 2.57. The molecule has 0 spiro atoms. The van der Waals surface area contributed by atoms with Gasteiger partial charge in [0.05, 0.1) is 0 Å². The zero-order chi connectivity index (χ0) is 19.4. The Morgan fingerprint density at radius 1 is 1.23 bits per heavy atom. The second-order valence-corrected chi connectivity index (χ2v) is 7.84. The second-order valence-electron chi connectivity index (χ2n) is 7.84. The number of nitrogens with one attached hydrogen (secondary N) is 1. The van der Waals surface area contributed by atoms with Crippen LogP contribution in [0.4, 0.5) is 10.5 Å². The van der Waals surface area contributed by atoms with Gasteiger partial charge < -0.3 is 20.1 Å². The summed E-state index contributed by atoms with van der Waals surface area (Å²) in [6.45, 7) is 7.82. The fraction of sp³-hybridized carbons (Fsp3) is 0.600. The lowest BCUT2D eigenvalue weighted by Gasteiger charge is -2.38. The molecule has 0 bridgehead atoms. The number of amides is 2. The quantitative estimate of drug-likeness (QED) is 0.862. The van der Waals surface area contributed by atoms with Gasteiger partial charge in [-0.05, 0) is 65.5 Å². The van der Waals surface area contributed by atoms with E-state index in [-0.39, 0.29) is 11.9 Å². The van der Waals surface area contributed by atoms with Crippen molar-refractivity contribution in [2.45, 2.75) is 70.6 Å². The number of ether oxygens (including phenoxy) is 1. The van der Waals surface area contributed by atoms with Gasteiger partial charge in [-0.2, -0.15) is 0 Å². The highest BCUT2D eigenvalue weighted by molar-refractivity contribution is 5.99. The zero-order valence-electron chi connectivity index (χ0n) is 16.1. The molecule has 0 atom stereocenters. The molecule has 2 amide bonds. The Labute approximate surface area is 155 Å². The minimum atomic E-state index is -1.39. The monoisotopic (exact) mass is 362 g/mol. The molecule has 0 saturated heterocycles. The third-order valence-electron chi connectivity index (χ3n) is 4.56. The maximum Gasteiger partial charge on any atom is 0.407 e. The third-order valence-corrected chi connectivity index (χ3v) is 4.56. The first-order valence-corrected chi connectivity index (χ1v) is 9.23. The van der Waals surface area contributed by atoms with Crippen LogP contribution in [0, 0.1) is 0 Å². The van der Waals surface area contributed by atoms with Crippen molar-refractivity contribution in [3.8, 4) is 0 Å². The number of para-hydroxylation sites is 1. The van der Waals surface area contributed by atoms with Gasteiger partial charge in [-0.3, -0.25) is 4.79 Å². The number of anilines is 1. The maximum absolute atomic E-state index is 12.9. The van der Waals surface area contributed by atoms with Crippen LogP contribution in [0.1, 0.15) is 53.4 Å². The lowest BCUT2D eigenvalue weighted by molar-refractivity contribution is -0.140. The van der Waals surface area contributed by atoms with Crippen LogP contribution in [-0.2, 0) is 9.53 Å². The van der Waals surface area contributed by atoms with E-state index in [4.69, 9.17) is 4.74 Å². The lowest BCUT2D eigenvalue weighted by Crippen LogP contribution is -2.53. The molecule has 1 aliphatic rings. The van der Waals surface area contributed by atoms with Gasteiger partial charge in [0.25, 0.3) is 5.91 Å². The Morgan fingerprint density at radius 3 is 2.31 bits per heavy atom. The number of hydrogen-bond donors (Lipinski definition) is 2. The van der Waals surface area contributed by atoms with Gasteiger partial charge in [0, 0.05) is 18.3 Å². The zero-order valence-corrected chi connectivity index (χ0v) is 16.1. The van der Waals surface area contributed by atoms with E-state index >= 15 is 0 Å². The van der Waals surface area contributed by atoms with Crippen molar-refractivity contribution < 1.29 is 19.4 Å². The van der Waals surface area contributed by atoms with Crippen LogP contribution in [-0.4, -0.2) is 40.9 Å². The van der Waals surface area contributed by atoms with Gasteiger partial charge in [0.1, 0.15) is 11.2 Å². The summed E-state index contributed by atoms with van der Waals surface area (Å²) in [5, 5.41) is 13.7.